The van der Waals surface area contributed by atoms with Crippen LogP contribution in [0.1, 0.15) is 23.8 Å². The first-order chi connectivity index (χ1) is 8.70. The maximum Gasteiger partial charge on any atom is 0.262 e. The molecule has 1 atom stereocenters. The third-order valence-electron chi connectivity index (χ3n) is 3.55. The molecule has 0 bridgehead atoms. The number of nitrogens with zero attached hydrogens (tertiary/aromatic N) is 2. The van der Waals surface area contributed by atoms with Gasteiger partial charge in [-0.3, -0.25) is 9.36 Å². The number of rotatable bonds is 2. The zero-order valence-corrected chi connectivity index (χ0v) is 11.0. The number of hydrogen-bond acceptors (Lipinski definition) is 4. The Bertz CT molecular complexity index is 671. The van der Waals surface area contributed by atoms with Gasteiger partial charge in [0.05, 0.1) is 18.3 Å². The van der Waals surface area contributed by atoms with E-state index in [-0.39, 0.29) is 12.1 Å². The maximum absolute atomic E-state index is 12.3. The number of aldehydes is 1. The Labute approximate surface area is 108 Å². The van der Waals surface area contributed by atoms with E-state index in [9.17, 15) is 9.59 Å². The van der Waals surface area contributed by atoms with Crippen molar-refractivity contribution in [3.63, 3.8) is 0 Å². The second-order valence-corrected chi connectivity index (χ2v) is 5.98. The molecule has 0 saturated carbocycles. The van der Waals surface area contributed by atoms with Gasteiger partial charge < -0.3 is 4.79 Å². The van der Waals surface area contributed by atoms with Crippen molar-refractivity contribution in [2.75, 3.05) is 0 Å². The van der Waals surface area contributed by atoms with E-state index in [4.69, 9.17) is 0 Å². The molecule has 0 radical (unpaired) electrons. The number of carbonyl (C=O) groups is 1. The number of hydrogen-bond donors (Lipinski definition) is 0. The van der Waals surface area contributed by atoms with Gasteiger partial charge in [0.25, 0.3) is 5.56 Å². The largest absolute Gasteiger partial charge is 0.301 e. The highest BCUT2D eigenvalue weighted by Gasteiger charge is 2.22. The van der Waals surface area contributed by atoms with E-state index in [0.717, 1.165) is 35.8 Å². The molecule has 0 spiro atoms. The lowest BCUT2D eigenvalue weighted by Crippen LogP contribution is -2.22. The minimum Gasteiger partial charge on any atom is -0.301 e. The number of aromatic nitrogens is 2. The second kappa shape index (κ2) is 4.31. The zero-order valence-electron chi connectivity index (χ0n) is 10.2. The van der Waals surface area contributed by atoms with Gasteiger partial charge in [0.15, 0.2) is 0 Å². The van der Waals surface area contributed by atoms with E-state index in [1.807, 2.05) is 0 Å². The summed E-state index contributed by atoms with van der Waals surface area (Å²) in [6.45, 7) is 2.33. The molecule has 18 heavy (non-hydrogen) atoms. The van der Waals surface area contributed by atoms with Crippen molar-refractivity contribution in [3.8, 4) is 0 Å². The first kappa shape index (κ1) is 11.6. The summed E-state index contributed by atoms with van der Waals surface area (Å²) in [5.41, 5.74) is 1.10. The summed E-state index contributed by atoms with van der Waals surface area (Å²) in [4.78, 5) is 29.3. The van der Waals surface area contributed by atoms with Crippen LogP contribution in [0.3, 0.4) is 0 Å². The molecule has 0 aliphatic heterocycles. The van der Waals surface area contributed by atoms with Crippen LogP contribution in [0.4, 0.5) is 0 Å². The fourth-order valence-corrected chi connectivity index (χ4v) is 3.92. The lowest BCUT2D eigenvalue weighted by atomic mass is 9.89. The third-order valence-corrected chi connectivity index (χ3v) is 4.72. The molecular weight excluding hydrogens is 248 g/mol. The lowest BCUT2D eigenvalue weighted by Gasteiger charge is -2.17. The van der Waals surface area contributed by atoms with Gasteiger partial charge in [-0.2, -0.15) is 0 Å². The van der Waals surface area contributed by atoms with Crippen molar-refractivity contribution >= 4 is 27.8 Å². The molecule has 0 N–H and O–H groups in total. The molecule has 1 aliphatic carbocycles. The summed E-state index contributed by atoms with van der Waals surface area (Å²) in [5.74, 6) is 0.683. The molecule has 2 aromatic rings. The highest BCUT2D eigenvalue weighted by atomic mass is 32.1. The molecule has 0 fully saturated rings. The minimum atomic E-state index is -0.0702. The highest BCUT2D eigenvalue weighted by molar-refractivity contribution is 7.18. The summed E-state index contributed by atoms with van der Waals surface area (Å²) in [6, 6.07) is 0. The molecule has 0 amide bonds. The molecule has 2 aromatic heterocycles. The molecule has 94 valence electrons. The summed E-state index contributed by atoms with van der Waals surface area (Å²) < 4.78 is 1.39. The second-order valence-electron chi connectivity index (χ2n) is 4.90. The van der Waals surface area contributed by atoms with Crippen LogP contribution in [0.2, 0.25) is 0 Å². The number of fused-ring (bicyclic) bond motifs is 3. The van der Waals surface area contributed by atoms with Crippen molar-refractivity contribution in [1.29, 1.82) is 0 Å². The van der Waals surface area contributed by atoms with E-state index < -0.39 is 0 Å². The van der Waals surface area contributed by atoms with Gasteiger partial charge in [-0.05, 0) is 30.7 Å². The predicted molar refractivity (Wildman–Crippen MR) is 71.1 cm³/mol. The van der Waals surface area contributed by atoms with Crippen molar-refractivity contribution in [2.24, 2.45) is 5.92 Å². The number of aryl methyl sites for hydroxylation is 1. The summed E-state index contributed by atoms with van der Waals surface area (Å²) in [5, 5.41) is 0.742. The van der Waals surface area contributed by atoms with Crippen LogP contribution < -0.4 is 5.56 Å². The predicted octanol–water partition coefficient (Wildman–Crippen LogP) is 1.78. The smallest absolute Gasteiger partial charge is 0.262 e. The van der Waals surface area contributed by atoms with E-state index in [0.29, 0.717) is 5.92 Å². The van der Waals surface area contributed by atoms with Crippen LogP contribution in [0.5, 0.6) is 0 Å². The van der Waals surface area contributed by atoms with Crippen LogP contribution in [0, 0.1) is 5.92 Å². The van der Waals surface area contributed by atoms with Gasteiger partial charge >= 0.3 is 0 Å². The molecule has 3 rings (SSSR count). The average Bonchev–Trinajstić information content (AvgIpc) is 2.71. The molecule has 5 heteroatoms. The van der Waals surface area contributed by atoms with Crippen molar-refractivity contribution in [3.05, 3.63) is 27.1 Å². The normalized spacial score (nSPS) is 18.8. The molecule has 1 aliphatic rings. The Balaban J connectivity index is 2.25. The monoisotopic (exact) mass is 262 g/mol. The zero-order chi connectivity index (χ0) is 12.7. The van der Waals surface area contributed by atoms with Crippen molar-refractivity contribution in [1.82, 2.24) is 9.55 Å². The SMILES string of the molecule is CC1CCc2c(sc3ncn(CC=O)c(=O)c23)C1. The first-order valence-corrected chi connectivity index (χ1v) is 6.95. The van der Waals surface area contributed by atoms with Gasteiger partial charge in [-0.25, -0.2) is 4.98 Å². The molecular formula is C13H14N2O2S. The van der Waals surface area contributed by atoms with Crippen LogP contribution in [-0.4, -0.2) is 15.8 Å². The minimum absolute atomic E-state index is 0.0702. The van der Waals surface area contributed by atoms with Crippen LogP contribution in [0.15, 0.2) is 11.1 Å². The van der Waals surface area contributed by atoms with E-state index in [1.54, 1.807) is 11.3 Å². The lowest BCUT2D eigenvalue weighted by molar-refractivity contribution is -0.108. The van der Waals surface area contributed by atoms with Crippen molar-refractivity contribution in [2.45, 2.75) is 32.7 Å². The van der Waals surface area contributed by atoms with Crippen LogP contribution in [-0.2, 0) is 24.2 Å². The Morgan fingerprint density at radius 2 is 2.44 bits per heavy atom. The van der Waals surface area contributed by atoms with Gasteiger partial charge in [0, 0.05) is 4.88 Å². The third kappa shape index (κ3) is 1.70. The first-order valence-electron chi connectivity index (χ1n) is 6.14. The maximum atomic E-state index is 12.3. The Morgan fingerprint density at radius 1 is 1.61 bits per heavy atom. The summed E-state index contributed by atoms with van der Waals surface area (Å²) in [6.07, 6.45) is 5.34. The van der Waals surface area contributed by atoms with E-state index in [2.05, 4.69) is 11.9 Å². The summed E-state index contributed by atoms with van der Waals surface area (Å²) in [7, 11) is 0. The van der Waals surface area contributed by atoms with Crippen LogP contribution >= 0.6 is 11.3 Å². The molecule has 2 heterocycles. The summed E-state index contributed by atoms with van der Waals surface area (Å²) >= 11 is 1.63. The quantitative estimate of drug-likeness (QED) is 0.775. The van der Waals surface area contributed by atoms with E-state index in [1.165, 1.54) is 21.3 Å². The van der Waals surface area contributed by atoms with Crippen LogP contribution in [0.25, 0.3) is 10.2 Å². The van der Waals surface area contributed by atoms with Crippen molar-refractivity contribution < 1.29 is 4.79 Å². The fourth-order valence-electron chi connectivity index (χ4n) is 2.58. The Kier molecular flexibility index (Phi) is 2.78. The average molecular weight is 262 g/mol. The topological polar surface area (TPSA) is 52.0 Å². The molecule has 0 aromatic carbocycles. The van der Waals surface area contributed by atoms with Gasteiger partial charge in [-0.15, -0.1) is 11.3 Å². The standard InChI is InChI=1S/C13H14N2O2S/c1-8-2-3-9-10(6-8)18-12-11(9)13(17)15(4-5-16)7-14-12/h5,7-8H,2-4,6H2,1H3. The fraction of sp³-hybridized carbons (Fsp3) is 0.462. The Morgan fingerprint density at radius 3 is 3.22 bits per heavy atom. The van der Waals surface area contributed by atoms with Gasteiger partial charge in [0.1, 0.15) is 11.1 Å². The highest BCUT2D eigenvalue weighted by Crippen LogP contribution is 2.35. The van der Waals surface area contributed by atoms with Gasteiger partial charge in [0.2, 0.25) is 0 Å². The molecule has 0 saturated heterocycles. The number of carbonyl (C=O) groups excluding carboxylic acids is 1. The Hall–Kier alpha value is -1.49. The van der Waals surface area contributed by atoms with Gasteiger partial charge in [-0.1, -0.05) is 6.92 Å². The van der Waals surface area contributed by atoms with E-state index >= 15 is 0 Å². The molecule has 4 nitrogen and oxygen atoms in total. The number of thiophene rings is 1. The molecule has 1 unspecified atom stereocenters.